The van der Waals surface area contributed by atoms with Gasteiger partial charge in [-0.25, -0.2) is 4.98 Å². The molecular formula is C14H14N2O5. The van der Waals surface area contributed by atoms with Crippen LogP contribution in [0.1, 0.15) is 5.76 Å². The van der Waals surface area contributed by atoms with Gasteiger partial charge in [0.05, 0.1) is 7.11 Å². The number of carbonyl (C=O) groups excluding carboxylic acids is 1. The predicted molar refractivity (Wildman–Crippen MR) is 74.6 cm³/mol. The maximum atomic E-state index is 11.8. The molecule has 0 aliphatic carbocycles. The molecule has 1 amide bonds. The zero-order chi connectivity index (χ0) is 15.2. The van der Waals surface area contributed by atoms with E-state index in [1.807, 2.05) is 0 Å². The van der Waals surface area contributed by atoms with Crippen LogP contribution in [0.3, 0.4) is 0 Å². The van der Waals surface area contributed by atoms with Gasteiger partial charge in [-0.1, -0.05) is 0 Å². The molecule has 0 fully saturated rings. The molecule has 110 valence electrons. The van der Waals surface area contributed by atoms with Crippen molar-refractivity contribution in [3.63, 3.8) is 0 Å². The first-order chi connectivity index (χ1) is 10.1. The summed E-state index contributed by atoms with van der Waals surface area (Å²) in [5.41, 5.74) is 0.0787. The lowest BCUT2D eigenvalue weighted by molar-refractivity contribution is -0.118. The molecule has 0 unspecified atom stereocenters. The molecule has 0 aliphatic rings. The largest absolute Gasteiger partial charge is 0.480 e. The van der Waals surface area contributed by atoms with Gasteiger partial charge < -0.3 is 19.2 Å². The number of methoxy groups -OCH3 is 1. The van der Waals surface area contributed by atoms with Crippen LogP contribution in [0.15, 0.2) is 39.9 Å². The number of amides is 1. The fourth-order valence-electron chi connectivity index (χ4n) is 1.58. The molecule has 7 nitrogen and oxygen atoms in total. The zero-order valence-electron chi connectivity index (χ0n) is 11.6. The van der Waals surface area contributed by atoms with Gasteiger partial charge in [0.25, 0.3) is 5.91 Å². The third-order valence-electron chi connectivity index (χ3n) is 2.53. The van der Waals surface area contributed by atoms with Crippen LogP contribution in [0.25, 0.3) is 0 Å². The number of aromatic nitrogens is 1. The van der Waals surface area contributed by atoms with E-state index in [0.29, 0.717) is 17.3 Å². The Labute approximate surface area is 120 Å². The van der Waals surface area contributed by atoms with E-state index >= 15 is 0 Å². The predicted octanol–water partition coefficient (Wildman–Crippen LogP) is 1.37. The number of nitrogens with zero attached hydrogens (tertiary/aromatic N) is 1. The van der Waals surface area contributed by atoms with Crippen LogP contribution in [0, 0.1) is 6.92 Å². The molecule has 0 atom stereocenters. The highest BCUT2D eigenvalue weighted by Gasteiger charge is 2.10. The van der Waals surface area contributed by atoms with Crippen molar-refractivity contribution in [2.24, 2.45) is 0 Å². The lowest BCUT2D eigenvalue weighted by Gasteiger charge is -2.09. The Morgan fingerprint density at radius 1 is 1.48 bits per heavy atom. The zero-order valence-corrected chi connectivity index (χ0v) is 11.6. The molecule has 0 aromatic carbocycles. The Hall–Kier alpha value is -2.83. The maximum absolute atomic E-state index is 11.8. The number of rotatable bonds is 5. The van der Waals surface area contributed by atoms with Gasteiger partial charge in [-0.15, -0.1) is 0 Å². The van der Waals surface area contributed by atoms with Crippen molar-refractivity contribution < 1.29 is 18.7 Å². The third kappa shape index (κ3) is 3.82. The van der Waals surface area contributed by atoms with E-state index in [4.69, 9.17) is 13.9 Å². The first kappa shape index (κ1) is 14.6. The summed E-state index contributed by atoms with van der Waals surface area (Å²) in [6, 6.07) is 4.59. The molecule has 2 aromatic rings. The number of hydrogen-bond donors (Lipinski definition) is 1. The summed E-state index contributed by atoms with van der Waals surface area (Å²) in [5, 5.41) is 2.58. The van der Waals surface area contributed by atoms with Gasteiger partial charge in [0.1, 0.15) is 17.7 Å². The highest BCUT2D eigenvalue weighted by Crippen LogP contribution is 2.19. The van der Waals surface area contributed by atoms with Crippen LogP contribution in [0.5, 0.6) is 11.6 Å². The van der Waals surface area contributed by atoms with E-state index in [1.54, 1.807) is 25.3 Å². The van der Waals surface area contributed by atoms with Crippen LogP contribution >= 0.6 is 0 Å². The van der Waals surface area contributed by atoms with Crippen LogP contribution in [0.4, 0.5) is 5.69 Å². The van der Waals surface area contributed by atoms with Gasteiger partial charge in [-0.05, 0) is 19.1 Å². The van der Waals surface area contributed by atoms with E-state index in [2.05, 4.69) is 10.3 Å². The van der Waals surface area contributed by atoms with Gasteiger partial charge in [0.2, 0.25) is 17.1 Å². The number of nitrogens with one attached hydrogen (secondary N) is 1. The minimum atomic E-state index is -0.443. The first-order valence-corrected chi connectivity index (χ1v) is 6.11. The second-order valence-electron chi connectivity index (χ2n) is 4.12. The van der Waals surface area contributed by atoms with Crippen molar-refractivity contribution >= 4 is 11.6 Å². The molecule has 0 aliphatic heterocycles. The monoisotopic (exact) mass is 290 g/mol. The fraction of sp³-hybridized carbons (Fsp3) is 0.214. The molecule has 0 saturated carbocycles. The van der Waals surface area contributed by atoms with E-state index in [9.17, 15) is 9.59 Å². The van der Waals surface area contributed by atoms with Crippen molar-refractivity contribution in [1.29, 1.82) is 0 Å². The number of aryl methyl sites for hydroxylation is 1. The van der Waals surface area contributed by atoms with Gasteiger partial charge in [-0.3, -0.25) is 9.59 Å². The summed E-state index contributed by atoms with van der Waals surface area (Å²) >= 11 is 0. The number of carbonyl (C=O) groups is 1. The second kappa shape index (κ2) is 6.56. The topological polar surface area (TPSA) is 90.7 Å². The second-order valence-corrected chi connectivity index (χ2v) is 4.12. The number of anilines is 1. The highest BCUT2D eigenvalue weighted by atomic mass is 16.5. The summed E-state index contributed by atoms with van der Waals surface area (Å²) in [4.78, 5) is 27.3. The highest BCUT2D eigenvalue weighted by molar-refractivity contribution is 5.92. The van der Waals surface area contributed by atoms with E-state index in [-0.39, 0.29) is 17.8 Å². The summed E-state index contributed by atoms with van der Waals surface area (Å²) in [6.07, 6.45) is 2.72. The van der Waals surface area contributed by atoms with Crippen LogP contribution in [-0.2, 0) is 4.79 Å². The van der Waals surface area contributed by atoms with Crippen molar-refractivity contribution in [2.45, 2.75) is 6.92 Å². The average molecular weight is 290 g/mol. The van der Waals surface area contributed by atoms with E-state index in [1.165, 1.54) is 19.4 Å². The van der Waals surface area contributed by atoms with Gasteiger partial charge >= 0.3 is 0 Å². The summed E-state index contributed by atoms with van der Waals surface area (Å²) in [5.74, 6) is 0.299. The fourth-order valence-corrected chi connectivity index (χ4v) is 1.58. The lowest BCUT2D eigenvalue weighted by atomic mass is 10.4. The molecule has 2 rings (SSSR count). The summed E-state index contributed by atoms with van der Waals surface area (Å²) in [7, 11) is 1.45. The van der Waals surface area contributed by atoms with Gasteiger partial charge in [0.15, 0.2) is 6.61 Å². The SMILES string of the molecule is COc1ncccc1NC(=O)COc1coc(C)cc1=O. The van der Waals surface area contributed by atoms with Crippen molar-refractivity contribution in [3.05, 3.63) is 46.6 Å². The van der Waals surface area contributed by atoms with Crippen LogP contribution in [0.2, 0.25) is 0 Å². The quantitative estimate of drug-likeness (QED) is 0.894. The van der Waals surface area contributed by atoms with Crippen LogP contribution < -0.4 is 20.2 Å². The number of ether oxygens (including phenoxy) is 2. The molecule has 1 N–H and O–H groups in total. The normalized spacial score (nSPS) is 10.0. The summed E-state index contributed by atoms with van der Waals surface area (Å²) < 4.78 is 15.2. The van der Waals surface area contributed by atoms with Gasteiger partial charge in [0, 0.05) is 12.3 Å². The minimum Gasteiger partial charge on any atom is -0.480 e. The molecule has 7 heteroatoms. The first-order valence-electron chi connectivity index (χ1n) is 6.11. The Morgan fingerprint density at radius 2 is 2.29 bits per heavy atom. The smallest absolute Gasteiger partial charge is 0.262 e. The number of pyridine rings is 1. The Bertz CT molecular complexity index is 696. The van der Waals surface area contributed by atoms with E-state index < -0.39 is 5.91 Å². The number of hydrogen-bond acceptors (Lipinski definition) is 6. The summed E-state index contributed by atoms with van der Waals surface area (Å²) in [6.45, 7) is 1.32. The average Bonchev–Trinajstić information content (AvgIpc) is 2.47. The molecule has 0 saturated heterocycles. The Balaban J connectivity index is 1.97. The minimum absolute atomic E-state index is 0.0195. The Morgan fingerprint density at radius 3 is 3.00 bits per heavy atom. The molecule has 21 heavy (non-hydrogen) atoms. The van der Waals surface area contributed by atoms with Crippen molar-refractivity contribution in [3.8, 4) is 11.6 Å². The standard InChI is InChI=1S/C14H14N2O5/c1-9-6-11(17)12(7-20-9)21-8-13(18)16-10-4-3-5-15-14(10)19-2/h3-7H,8H2,1-2H3,(H,16,18). The maximum Gasteiger partial charge on any atom is 0.262 e. The Kier molecular flexibility index (Phi) is 4.55. The molecule has 0 spiro atoms. The van der Waals surface area contributed by atoms with E-state index in [0.717, 1.165) is 0 Å². The molecule has 0 bridgehead atoms. The molecule has 0 radical (unpaired) electrons. The lowest BCUT2D eigenvalue weighted by Crippen LogP contribution is -2.22. The third-order valence-corrected chi connectivity index (χ3v) is 2.53. The molecular weight excluding hydrogens is 276 g/mol. The van der Waals surface area contributed by atoms with Crippen LogP contribution in [-0.4, -0.2) is 24.6 Å². The van der Waals surface area contributed by atoms with Gasteiger partial charge in [-0.2, -0.15) is 0 Å². The molecule has 2 heterocycles. The van der Waals surface area contributed by atoms with Crippen molar-refractivity contribution in [1.82, 2.24) is 4.98 Å². The molecule has 2 aromatic heterocycles. The van der Waals surface area contributed by atoms with Crippen molar-refractivity contribution in [2.75, 3.05) is 19.0 Å².